The first-order valence-electron chi connectivity index (χ1n) is 6.36. The number of hydrogen-bond donors (Lipinski definition) is 3. The fourth-order valence-electron chi connectivity index (χ4n) is 1.76. The second-order valence-corrected chi connectivity index (χ2v) is 7.19. The van der Waals surface area contributed by atoms with Gasteiger partial charge in [0.25, 0.3) is 0 Å². The molecule has 1 heterocycles. The van der Waals surface area contributed by atoms with E-state index in [0.29, 0.717) is 5.69 Å². The number of rotatable bonds is 6. The minimum Gasteiger partial charge on any atom is -0.315 e. The highest BCUT2D eigenvalue weighted by Crippen LogP contribution is 2.16. The lowest BCUT2D eigenvalue weighted by atomic mass is 10.1. The zero-order chi connectivity index (χ0) is 15.5. The first-order chi connectivity index (χ1) is 9.92. The van der Waals surface area contributed by atoms with Gasteiger partial charge < -0.3 is 10.3 Å². The van der Waals surface area contributed by atoms with E-state index in [9.17, 15) is 13.2 Å². The fraction of sp³-hybridized carbons (Fsp3) is 0.308. The molecule has 2 rings (SSSR count). The van der Waals surface area contributed by atoms with Crippen LogP contribution >= 0.6 is 11.3 Å². The number of benzene rings is 1. The molecule has 0 aliphatic heterocycles. The molecule has 1 atom stereocenters. The third kappa shape index (κ3) is 4.01. The predicted octanol–water partition coefficient (Wildman–Crippen LogP) is 1.20. The number of sulfonamides is 1. The van der Waals surface area contributed by atoms with Crippen LogP contribution < -0.4 is 14.9 Å². The van der Waals surface area contributed by atoms with Crippen LogP contribution in [-0.2, 0) is 16.6 Å². The summed E-state index contributed by atoms with van der Waals surface area (Å²) in [5.74, 6) is 0. The maximum absolute atomic E-state index is 12.1. The van der Waals surface area contributed by atoms with Gasteiger partial charge in [0.2, 0.25) is 10.0 Å². The summed E-state index contributed by atoms with van der Waals surface area (Å²) in [5.41, 5.74) is 1.56. The maximum atomic E-state index is 12.1. The van der Waals surface area contributed by atoms with Gasteiger partial charge in [-0.3, -0.25) is 4.79 Å². The molecular formula is C13H17N3O3S2. The van der Waals surface area contributed by atoms with E-state index in [4.69, 9.17) is 0 Å². The third-order valence-corrected chi connectivity index (χ3v) is 5.28. The van der Waals surface area contributed by atoms with Crippen LogP contribution in [0.25, 0.3) is 0 Å². The highest BCUT2D eigenvalue weighted by molar-refractivity contribution is 7.89. The van der Waals surface area contributed by atoms with Gasteiger partial charge in [-0.25, -0.2) is 13.1 Å². The van der Waals surface area contributed by atoms with E-state index in [1.807, 2.05) is 14.0 Å². The van der Waals surface area contributed by atoms with E-state index in [1.165, 1.54) is 0 Å². The molecule has 2 aromatic rings. The van der Waals surface area contributed by atoms with Crippen molar-refractivity contribution in [3.05, 3.63) is 50.6 Å². The summed E-state index contributed by atoms with van der Waals surface area (Å²) in [5, 5.41) is 4.69. The van der Waals surface area contributed by atoms with Gasteiger partial charge in [0, 0.05) is 17.1 Å². The maximum Gasteiger partial charge on any atom is 0.304 e. The summed E-state index contributed by atoms with van der Waals surface area (Å²) in [4.78, 5) is 13.6. The van der Waals surface area contributed by atoms with Gasteiger partial charge in [-0.05, 0) is 31.7 Å². The van der Waals surface area contributed by atoms with Gasteiger partial charge in [-0.1, -0.05) is 23.5 Å². The van der Waals surface area contributed by atoms with E-state index < -0.39 is 10.0 Å². The van der Waals surface area contributed by atoms with Gasteiger partial charge in [0.15, 0.2) is 0 Å². The van der Waals surface area contributed by atoms with Crippen molar-refractivity contribution in [2.45, 2.75) is 24.4 Å². The molecule has 1 aromatic carbocycles. The van der Waals surface area contributed by atoms with Crippen LogP contribution in [0.4, 0.5) is 0 Å². The molecule has 1 aromatic heterocycles. The van der Waals surface area contributed by atoms with Gasteiger partial charge in [0.05, 0.1) is 11.4 Å². The molecule has 0 fully saturated rings. The van der Waals surface area contributed by atoms with Crippen LogP contribution in [0.3, 0.4) is 0 Å². The molecule has 0 bridgehead atoms. The summed E-state index contributed by atoms with van der Waals surface area (Å²) in [6.07, 6.45) is 0. The van der Waals surface area contributed by atoms with Gasteiger partial charge in [-0.2, -0.15) is 0 Å². The van der Waals surface area contributed by atoms with Crippen molar-refractivity contribution in [3.63, 3.8) is 0 Å². The monoisotopic (exact) mass is 327 g/mol. The highest BCUT2D eigenvalue weighted by atomic mass is 32.2. The minimum atomic E-state index is -3.59. The summed E-state index contributed by atoms with van der Waals surface area (Å²) < 4.78 is 26.8. The average Bonchev–Trinajstić information content (AvgIpc) is 2.90. The Morgan fingerprint density at radius 1 is 1.29 bits per heavy atom. The molecule has 3 N–H and O–H groups in total. The van der Waals surface area contributed by atoms with Crippen molar-refractivity contribution in [1.29, 1.82) is 0 Å². The molecule has 21 heavy (non-hydrogen) atoms. The number of nitrogens with one attached hydrogen (secondary N) is 3. The molecule has 0 spiro atoms. The van der Waals surface area contributed by atoms with E-state index in [-0.39, 0.29) is 22.4 Å². The standard InChI is InChI=1S/C13H17N3O3S2/c1-9(14-2)10-3-5-12(6-4-10)21(18,19)15-7-11-8-20-13(17)16-11/h3-6,8-9,14-15H,7H2,1-2H3,(H,16,17). The Bertz CT molecular complexity index is 747. The van der Waals surface area contributed by atoms with Crippen LogP contribution in [0.5, 0.6) is 0 Å². The Morgan fingerprint density at radius 3 is 2.48 bits per heavy atom. The van der Waals surface area contributed by atoms with Crippen molar-refractivity contribution >= 4 is 21.4 Å². The number of thiazole rings is 1. The Kier molecular flexibility index (Phi) is 4.94. The Balaban J connectivity index is 2.10. The molecule has 0 amide bonds. The Hall–Kier alpha value is -1.48. The van der Waals surface area contributed by atoms with Crippen molar-refractivity contribution in [2.24, 2.45) is 0 Å². The number of aromatic amines is 1. The molecule has 8 heteroatoms. The third-order valence-electron chi connectivity index (χ3n) is 3.15. The van der Waals surface area contributed by atoms with E-state index >= 15 is 0 Å². The smallest absolute Gasteiger partial charge is 0.304 e. The number of aromatic nitrogens is 1. The molecule has 0 radical (unpaired) electrons. The molecule has 0 saturated heterocycles. The van der Waals surface area contributed by atoms with E-state index in [1.54, 1.807) is 29.6 Å². The quantitative estimate of drug-likeness (QED) is 0.743. The lowest BCUT2D eigenvalue weighted by Crippen LogP contribution is -2.23. The summed E-state index contributed by atoms with van der Waals surface area (Å²) >= 11 is 1.01. The Labute approximate surface area is 127 Å². The van der Waals surface area contributed by atoms with Crippen LogP contribution in [0.1, 0.15) is 24.2 Å². The lowest BCUT2D eigenvalue weighted by molar-refractivity contribution is 0.580. The van der Waals surface area contributed by atoms with Gasteiger partial charge in [0.1, 0.15) is 0 Å². The van der Waals surface area contributed by atoms with E-state index in [0.717, 1.165) is 16.9 Å². The minimum absolute atomic E-state index is 0.0652. The lowest BCUT2D eigenvalue weighted by Gasteiger charge is -2.11. The first kappa shape index (κ1) is 15.9. The second-order valence-electron chi connectivity index (χ2n) is 4.58. The molecule has 1 unspecified atom stereocenters. The van der Waals surface area contributed by atoms with Crippen molar-refractivity contribution in [3.8, 4) is 0 Å². The first-order valence-corrected chi connectivity index (χ1v) is 8.72. The molecule has 0 aliphatic carbocycles. The van der Waals surface area contributed by atoms with Crippen LogP contribution in [0.15, 0.2) is 39.3 Å². The van der Waals surface area contributed by atoms with Crippen LogP contribution in [-0.4, -0.2) is 20.4 Å². The number of hydrogen-bond acceptors (Lipinski definition) is 5. The van der Waals surface area contributed by atoms with Crippen LogP contribution in [0, 0.1) is 0 Å². The summed E-state index contributed by atoms with van der Waals surface area (Å²) in [7, 11) is -1.74. The zero-order valence-corrected chi connectivity index (χ0v) is 13.3. The largest absolute Gasteiger partial charge is 0.315 e. The highest BCUT2D eigenvalue weighted by Gasteiger charge is 2.14. The van der Waals surface area contributed by atoms with Gasteiger partial charge in [-0.15, -0.1) is 0 Å². The number of H-pyrrole nitrogens is 1. The predicted molar refractivity (Wildman–Crippen MR) is 82.9 cm³/mol. The topological polar surface area (TPSA) is 91.1 Å². The van der Waals surface area contributed by atoms with Gasteiger partial charge >= 0.3 is 4.87 Å². The van der Waals surface area contributed by atoms with Crippen molar-refractivity contribution in [1.82, 2.24) is 15.0 Å². The molecule has 114 valence electrons. The molecule has 0 saturated carbocycles. The van der Waals surface area contributed by atoms with Crippen LogP contribution in [0.2, 0.25) is 0 Å². The average molecular weight is 327 g/mol. The summed E-state index contributed by atoms with van der Waals surface area (Å²) in [6.45, 7) is 2.06. The SMILES string of the molecule is CNC(C)c1ccc(S(=O)(=O)NCc2csc(=O)[nH]2)cc1. The molecule has 6 nitrogen and oxygen atoms in total. The van der Waals surface area contributed by atoms with Crippen molar-refractivity contribution in [2.75, 3.05) is 7.05 Å². The fourth-order valence-corrected chi connectivity index (χ4v) is 3.35. The Morgan fingerprint density at radius 2 is 1.95 bits per heavy atom. The normalized spacial score (nSPS) is 13.2. The second kappa shape index (κ2) is 6.52. The summed E-state index contributed by atoms with van der Waals surface area (Å²) in [6, 6.07) is 6.86. The molecule has 0 aliphatic rings. The zero-order valence-electron chi connectivity index (χ0n) is 11.7. The van der Waals surface area contributed by atoms with E-state index in [2.05, 4.69) is 15.0 Å². The van der Waals surface area contributed by atoms with Crippen molar-refractivity contribution < 1.29 is 8.42 Å². The molecular weight excluding hydrogens is 310 g/mol.